The van der Waals surface area contributed by atoms with Crippen LogP contribution in [0, 0.1) is 47.3 Å². The van der Waals surface area contributed by atoms with Gasteiger partial charge in [-0.3, -0.25) is 0 Å². The Morgan fingerprint density at radius 2 is 1.50 bits per heavy atom. The second-order valence-electron chi connectivity index (χ2n) is 7.27. The first-order valence-corrected chi connectivity index (χ1v) is 7.25. The van der Waals surface area contributed by atoms with Crippen LogP contribution in [0.1, 0.15) is 12.0 Å². The quantitative estimate of drug-likeness (QED) is 0.788. The molecule has 0 amide bonds. The van der Waals surface area contributed by atoms with Crippen molar-refractivity contribution in [3.8, 4) is 5.75 Å². The molecule has 6 aliphatic carbocycles. The van der Waals surface area contributed by atoms with Crippen molar-refractivity contribution in [3.05, 3.63) is 29.8 Å². The Kier molecular flexibility index (Phi) is 1.12. The number of phenolic OH excluding ortho intramolecular Hbond substituents is 1. The molecule has 0 spiro atoms. The van der Waals surface area contributed by atoms with Crippen molar-refractivity contribution in [1.29, 1.82) is 0 Å². The van der Waals surface area contributed by atoms with Crippen molar-refractivity contribution >= 4 is 0 Å². The summed E-state index contributed by atoms with van der Waals surface area (Å²) in [5, 5.41) is 21.4. The highest BCUT2D eigenvalue weighted by Gasteiger charge is 2.91. The number of aliphatic hydroxyl groups is 1. The number of phenols is 1. The van der Waals surface area contributed by atoms with E-state index in [1.807, 2.05) is 18.2 Å². The van der Waals surface area contributed by atoms with Crippen molar-refractivity contribution in [3.63, 3.8) is 0 Å². The molecule has 8 atom stereocenters. The lowest BCUT2D eigenvalue weighted by Crippen LogP contribution is -2.56. The largest absolute Gasteiger partial charge is 0.508 e. The Morgan fingerprint density at radius 1 is 0.944 bits per heavy atom. The number of hydrogen-bond acceptors (Lipinski definition) is 2. The first kappa shape index (κ1) is 8.98. The Bertz CT molecular complexity index is 549. The average Bonchev–Trinajstić information content (AvgIpc) is 2.86. The van der Waals surface area contributed by atoms with Gasteiger partial charge in [0, 0.05) is 5.56 Å². The van der Waals surface area contributed by atoms with Crippen LogP contribution in [-0.2, 0) is 5.60 Å². The van der Waals surface area contributed by atoms with Crippen molar-refractivity contribution < 1.29 is 10.2 Å². The van der Waals surface area contributed by atoms with Gasteiger partial charge in [-0.2, -0.15) is 0 Å². The fourth-order valence-corrected chi connectivity index (χ4v) is 7.41. The van der Waals surface area contributed by atoms with Crippen LogP contribution < -0.4 is 0 Å². The predicted octanol–water partition coefficient (Wildman–Crippen LogP) is 1.97. The second kappa shape index (κ2) is 2.24. The molecule has 0 saturated heterocycles. The molecular formula is C16H16O2. The van der Waals surface area contributed by atoms with Crippen LogP contribution in [0.15, 0.2) is 24.3 Å². The van der Waals surface area contributed by atoms with Crippen molar-refractivity contribution in [2.24, 2.45) is 47.3 Å². The van der Waals surface area contributed by atoms with E-state index in [2.05, 4.69) is 0 Å². The fourth-order valence-electron chi connectivity index (χ4n) is 7.41. The van der Waals surface area contributed by atoms with Crippen LogP contribution in [-0.4, -0.2) is 10.2 Å². The van der Waals surface area contributed by atoms with Gasteiger partial charge in [-0.1, -0.05) is 18.2 Å². The van der Waals surface area contributed by atoms with Crippen LogP contribution in [0.25, 0.3) is 0 Å². The summed E-state index contributed by atoms with van der Waals surface area (Å²) in [6, 6.07) is 7.46. The predicted molar refractivity (Wildman–Crippen MR) is 64.5 cm³/mol. The molecule has 2 heteroatoms. The average molecular weight is 240 g/mol. The minimum absolute atomic E-state index is 0.297. The van der Waals surface area contributed by atoms with Crippen LogP contribution in [0.5, 0.6) is 5.75 Å². The topological polar surface area (TPSA) is 40.5 Å². The molecule has 0 aliphatic heterocycles. The van der Waals surface area contributed by atoms with E-state index in [-0.39, 0.29) is 0 Å². The number of para-hydroxylation sites is 1. The molecule has 6 fully saturated rings. The molecule has 4 unspecified atom stereocenters. The molecule has 6 saturated carbocycles. The Morgan fingerprint density at radius 3 is 2.06 bits per heavy atom. The highest BCUT2D eigenvalue weighted by atomic mass is 16.3. The van der Waals surface area contributed by atoms with E-state index in [1.54, 1.807) is 6.07 Å². The normalized spacial score (nSPS) is 64.1. The Hall–Kier alpha value is -1.02. The van der Waals surface area contributed by atoms with E-state index in [4.69, 9.17) is 0 Å². The summed E-state index contributed by atoms with van der Waals surface area (Å²) in [4.78, 5) is 0. The highest BCUT2D eigenvalue weighted by molar-refractivity contribution is 5.47. The van der Waals surface area contributed by atoms with E-state index < -0.39 is 5.60 Å². The molecule has 7 rings (SSSR count). The zero-order valence-corrected chi connectivity index (χ0v) is 10.0. The molecule has 0 radical (unpaired) electrons. The number of aromatic hydroxyl groups is 1. The molecule has 1 aromatic rings. The summed E-state index contributed by atoms with van der Waals surface area (Å²) in [6.07, 6.45) is 1.45. The Labute approximate surface area is 106 Å². The molecule has 0 aromatic heterocycles. The van der Waals surface area contributed by atoms with Crippen LogP contribution in [0.4, 0.5) is 0 Å². The third kappa shape index (κ3) is 0.565. The maximum absolute atomic E-state index is 11.3. The Balaban J connectivity index is 1.59. The van der Waals surface area contributed by atoms with Gasteiger partial charge in [0.15, 0.2) is 0 Å². The van der Waals surface area contributed by atoms with Gasteiger partial charge in [0.1, 0.15) is 5.75 Å². The van der Waals surface area contributed by atoms with Gasteiger partial charge >= 0.3 is 0 Å². The van der Waals surface area contributed by atoms with E-state index in [0.29, 0.717) is 17.6 Å². The maximum atomic E-state index is 11.3. The lowest BCUT2D eigenvalue weighted by Gasteiger charge is -2.58. The standard InChI is InChI=1S/C16H16O2/c17-9-4-2-1-3-8(9)16(18)14-10-6-5-7-12(10)15(16)13(7)11(6)14/h1-4,6-7,10-15,17-18H,5H2/t6?,7?,10-,11+,12+,13-,14?,15?,16?. The van der Waals surface area contributed by atoms with Crippen molar-refractivity contribution in [2.45, 2.75) is 12.0 Å². The molecule has 92 valence electrons. The minimum Gasteiger partial charge on any atom is -0.508 e. The van der Waals surface area contributed by atoms with Gasteiger partial charge in [-0.15, -0.1) is 0 Å². The van der Waals surface area contributed by atoms with Crippen LogP contribution in [0.3, 0.4) is 0 Å². The first-order valence-electron chi connectivity index (χ1n) is 7.25. The van der Waals surface area contributed by atoms with E-state index in [9.17, 15) is 10.2 Å². The second-order valence-corrected chi connectivity index (χ2v) is 7.27. The summed E-state index contributed by atoms with van der Waals surface area (Å²) in [7, 11) is 0. The summed E-state index contributed by atoms with van der Waals surface area (Å²) in [5.74, 6) is 6.27. The van der Waals surface area contributed by atoms with Crippen LogP contribution in [0.2, 0.25) is 0 Å². The maximum Gasteiger partial charge on any atom is 0.121 e. The fraction of sp³-hybridized carbons (Fsp3) is 0.625. The smallest absolute Gasteiger partial charge is 0.121 e. The van der Waals surface area contributed by atoms with E-state index >= 15 is 0 Å². The molecule has 1 aromatic carbocycles. The minimum atomic E-state index is -0.691. The summed E-state index contributed by atoms with van der Waals surface area (Å²) in [6.45, 7) is 0. The van der Waals surface area contributed by atoms with Gasteiger partial charge in [0.05, 0.1) is 5.60 Å². The molecule has 4 bridgehead atoms. The van der Waals surface area contributed by atoms with Gasteiger partial charge in [-0.25, -0.2) is 0 Å². The molecule has 0 heterocycles. The summed E-state index contributed by atoms with van der Waals surface area (Å²) < 4.78 is 0. The third-order valence-corrected chi connectivity index (χ3v) is 7.42. The summed E-state index contributed by atoms with van der Waals surface area (Å²) in [5.41, 5.74) is 0.127. The number of rotatable bonds is 1. The monoisotopic (exact) mass is 240 g/mol. The van der Waals surface area contributed by atoms with Gasteiger partial charge in [0.25, 0.3) is 0 Å². The lowest BCUT2D eigenvalue weighted by atomic mass is 9.45. The lowest BCUT2D eigenvalue weighted by molar-refractivity contribution is -0.127. The molecule has 18 heavy (non-hydrogen) atoms. The van der Waals surface area contributed by atoms with E-state index in [1.165, 1.54) is 6.42 Å². The molecule has 2 nitrogen and oxygen atoms in total. The zero-order chi connectivity index (χ0) is 11.8. The zero-order valence-electron chi connectivity index (χ0n) is 10.0. The van der Waals surface area contributed by atoms with E-state index in [0.717, 1.165) is 41.1 Å². The van der Waals surface area contributed by atoms with Crippen LogP contribution >= 0.6 is 0 Å². The van der Waals surface area contributed by atoms with Gasteiger partial charge in [-0.05, 0) is 59.8 Å². The number of hydrogen-bond donors (Lipinski definition) is 2. The molecular weight excluding hydrogens is 224 g/mol. The SMILES string of the molecule is Oc1ccccc1C1(O)C2[C@H]3C4CC5[C@H](C1[C@H]53)[C@@H]42. The third-order valence-electron chi connectivity index (χ3n) is 7.42. The van der Waals surface area contributed by atoms with Crippen molar-refractivity contribution in [2.75, 3.05) is 0 Å². The number of benzene rings is 1. The molecule has 6 aliphatic rings. The van der Waals surface area contributed by atoms with Gasteiger partial charge < -0.3 is 10.2 Å². The first-order chi connectivity index (χ1) is 8.74. The molecule has 2 N–H and O–H groups in total. The van der Waals surface area contributed by atoms with Gasteiger partial charge in [0.2, 0.25) is 0 Å². The summed E-state index contributed by atoms with van der Waals surface area (Å²) >= 11 is 0. The van der Waals surface area contributed by atoms with Crippen molar-refractivity contribution in [1.82, 2.24) is 0 Å². The highest BCUT2D eigenvalue weighted by Crippen LogP contribution is 2.92.